The van der Waals surface area contributed by atoms with Gasteiger partial charge in [-0.1, -0.05) is 26.8 Å². The number of hydrogen-bond donors (Lipinski definition) is 3. The van der Waals surface area contributed by atoms with E-state index in [0.717, 1.165) is 32.7 Å². The molecule has 0 bridgehead atoms. The summed E-state index contributed by atoms with van der Waals surface area (Å²) in [5.74, 6) is -1.73. The van der Waals surface area contributed by atoms with Crippen LogP contribution in [0.4, 0.5) is 0 Å². The Bertz CT molecular complexity index is 956. The van der Waals surface area contributed by atoms with E-state index >= 15 is 0 Å². The molecule has 4 rings (SSSR count). The first-order chi connectivity index (χ1) is 17.6. The number of Topliss-reactive ketones (excluding diaryl/α,β-unsaturated/α-hetero) is 1. The summed E-state index contributed by atoms with van der Waals surface area (Å²) in [5, 5.41) is 35.7. The second kappa shape index (κ2) is 11.0. The second-order valence-corrected chi connectivity index (χ2v) is 13.5. The number of aliphatic hydroxyl groups excluding tert-OH is 2. The summed E-state index contributed by atoms with van der Waals surface area (Å²) in [6, 6.07) is 0. The number of hydrogen-bond acceptors (Lipinski definition) is 9. The van der Waals surface area contributed by atoms with Crippen molar-refractivity contribution in [2.75, 3.05) is 39.8 Å². The van der Waals surface area contributed by atoms with Crippen LogP contribution in [-0.4, -0.2) is 112 Å². The number of halogens is 1. The molecule has 2 saturated carbocycles. The predicted molar refractivity (Wildman–Crippen MR) is 150 cm³/mol. The van der Waals surface area contributed by atoms with Crippen molar-refractivity contribution in [2.24, 2.45) is 16.7 Å². The van der Waals surface area contributed by atoms with Crippen molar-refractivity contribution in [1.82, 2.24) is 9.80 Å². The number of piperazine rings is 1. The zero-order valence-electron chi connectivity index (χ0n) is 24.4. The van der Waals surface area contributed by atoms with Crippen LogP contribution in [0.15, 0.2) is 12.7 Å². The fraction of sp³-hybridized carbons (Fsp3) is 0.862. The number of carbonyl (C=O) groups is 2. The number of rotatable bonds is 6. The molecule has 0 amide bonds. The lowest BCUT2D eigenvalue weighted by Crippen LogP contribution is -2.86. The van der Waals surface area contributed by atoms with Crippen LogP contribution in [0.25, 0.3) is 0 Å². The van der Waals surface area contributed by atoms with Crippen molar-refractivity contribution < 1.29 is 34.4 Å². The molecule has 2 aliphatic carbocycles. The smallest absolute Gasteiger partial charge is 0.306 e. The zero-order chi connectivity index (χ0) is 28.3. The van der Waals surface area contributed by atoms with E-state index in [1.165, 1.54) is 13.0 Å². The third kappa shape index (κ3) is 5.00. The largest absolute Gasteiger partial charge is 0.456 e. The van der Waals surface area contributed by atoms with Crippen LogP contribution in [-0.2, 0) is 19.1 Å². The van der Waals surface area contributed by atoms with Gasteiger partial charge in [0.1, 0.15) is 5.60 Å². The molecule has 9 nitrogen and oxygen atoms in total. The topological polar surface area (TPSA) is 120 Å². The van der Waals surface area contributed by atoms with Gasteiger partial charge in [-0.05, 0) is 52.1 Å². The SMILES string of the molecule is C=C[C@@]1(C)CC(=O)[C@]2(O)C3(C)C(C(O)C(OC(=O)CCCN4CCN(C)CC4)[C@@]2(C)O1)C(C)(C)CC[C@@H]3O.Cl. The summed E-state index contributed by atoms with van der Waals surface area (Å²) in [7, 11) is 2.10. The molecule has 0 radical (unpaired) electrons. The molecular formula is C29H49ClN2O7. The Kier molecular flexibility index (Phi) is 9.12. The summed E-state index contributed by atoms with van der Waals surface area (Å²) in [5.41, 5.74) is -7.11. The normalized spacial score (nSPS) is 44.5. The molecule has 8 atom stereocenters. The third-order valence-electron chi connectivity index (χ3n) is 10.4. The van der Waals surface area contributed by atoms with Gasteiger partial charge in [-0.25, -0.2) is 0 Å². The first-order valence-electron chi connectivity index (χ1n) is 14.1. The molecule has 2 aliphatic heterocycles. The standard InChI is InChI=1S/C29H48N2O7.ClH/c1-8-26(4)18-20(33)29(36)27(5)19(32)11-12-25(2,3)23(27)22(35)24(28(29,6)38-26)37-21(34)10-9-13-31-16-14-30(7)15-17-31;/h8,19,22-24,32,35-36H,1,9-18H2,2-7H3;1H/t19-,22?,23?,24?,26-,27?,28+,29-;/m0./s1. The molecule has 39 heavy (non-hydrogen) atoms. The maximum Gasteiger partial charge on any atom is 0.306 e. The first-order valence-corrected chi connectivity index (χ1v) is 14.1. The molecule has 4 unspecified atom stereocenters. The molecule has 224 valence electrons. The van der Waals surface area contributed by atoms with Crippen LogP contribution in [0.5, 0.6) is 0 Å². The second-order valence-electron chi connectivity index (χ2n) is 13.5. The summed E-state index contributed by atoms with van der Waals surface area (Å²) in [6.45, 7) is 17.3. The molecule has 0 aromatic carbocycles. The highest BCUT2D eigenvalue weighted by Gasteiger charge is 2.81. The van der Waals surface area contributed by atoms with Crippen LogP contribution in [0.2, 0.25) is 0 Å². The van der Waals surface area contributed by atoms with Gasteiger partial charge in [0, 0.05) is 50.4 Å². The Morgan fingerprint density at radius 3 is 2.36 bits per heavy atom. The lowest BCUT2D eigenvalue weighted by atomic mass is 9.40. The minimum atomic E-state index is -2.20. The highest BCUT2D eigenvalue weighted by molar-refractivity contribution is 5.92. The Morgan fingerprint density at radius 2 is 1.77 bits per heavy atom. The lowest BCUT2D eigenvalue weighted by Gasteiger charge is -2.71. The summed E-state index contributed by atoms with van der Waals surface area (Å²) in [6.07, 6.45) is -0.567. The molecule has 0 aromatic rings. The predicted octanol–water partition coefficient (Wildman–Crippen LogP) is 1.95. The van der Waals surface area contributed by atoms with Crippen LogP contribution in [0.1, 0.15) is 66.7 Å². The van der Waals surface area contributed by atoms with Crippen LogP contribution in [0, 0.1) is 16.7 Å². The van der Waals surface area contributed by atoms with Crippen LogP contribution < -0.4 is 0 Å². The quantitative estimate of drug-likeness (QED) is 0.324. The van der Waals surface area contributed by atoms with Gasteiger partial charge in [-0.3, -0.25) is 9.59 Å². The van der Waals surface area contributed by atoms with Gasteiger partial charge in [-0.15, -0.1) is 19.0 Å². The molecular weight excluding hydrogens is 524 g/mol. The zero-order valence-corrected chi connectivity index (χ0v) is 25.3. The van der Waals surface area contributed by atoms with E-state index in [2.05, 4.69) is 23.4 Å². The highest BCUT2D eigenvalue weighted by atomic mass is 35.5. The van der Waals surface area contributed by atoms with Crippen molar-refractivity contribution in [3.05, 3.63) is 12.7 Å². The highest BCUT2D eigenvalue weighted by Crippen LogP contribution is 2.67. The van der Waals surface area contributed by atoms with Crippen molar-refractivity contribution >= 4 is 24.2 Å². The molecule has 4 aliphatic rings. The van der Waals surface area contributed by atoms with Crippen molar-refractivity contribution in [3.63, 3.8) is 0 Å². The molecule has 4 fully saturated rings. The maximum atomic E-state index is 13.9. The Labute approximate surface area is 239 Å². The van der Waals surface area contributed by atoms with Gasteiger partial charge in [0.05, 0.1) is 17.8 Å². The summed E-state index contributed by atoms with van der Waals surface area (Å²) in [4.78, 5) is 31.7. The minimum absolute atomic E-state index is 0. The van der Waals surface area contributed by atoms with E-state index < -0.39 is 63.6 Å². The molecule has 0 aromatic heterocycles. The average Bonchev–Trinajstić information content (AvgIpc) is 2.83. The molecule has 0 spiro atoms. The van der Waals surface area contributed by atoms with Gasteiger partial charge in [-0.2, -0.15) is 0 Å². The van der Waals surface area contributed by atoms with E-state index in [0.29, 0.717) is 19.3 Å². The van der Waals surface area contributed by atoms with Gasteiger partial charge in [0.25, 0.3) is 0 Å². The van der Waals surface area contributed by atoms with Crippen LogP contribution in [0.3, 0.4) is 0 Å². The van der Waals surface area contributed by atoms with Crippen molar-refractivity contribution in [1.29, 1.82) is 0 Å². The molecule has 10 heteroatoms. The first kappa shape index (κ1) is 32.4. The van der Waals surface area contributed by atoms with E-state index in [9.17, 15) is 24.9 Å². The number of likely N-dealkylation sites (N-methyl/N-ethyl adjacent to an activating group) is 1. The molecule has 2 saturated heterocycles. The van der Waals surface area contributed by atoms with Gasteiger partial charge >= 0.3 is 5.97 Å². The van der Waals surface area contributed by atoms with E-state index in [-0.39, 0.29) is 25.2 Å². The van der Waals surface area contributed by atoms with Gasteiger partial charge in [0.15, 0.2) is 17.5 Å². The Hall–Kier alpha value is -1.07. The third-order valence-corrected chi connectivity index (χ3v) is 10.4. The number of ether oxygens (including phenoxy) is 2. The van der Waals surface area contributed by atoms with Crippen molar-refractivity contribution in [3.8, 4) is 0 Å². The van der Waals surface area contributed by atoms with E-state index in [4.69, 9.17) is 9.47 Å². The fourth-order valence-electron chi connectivity index (χ4n) is 8.20. The lowest BCUT2D eigenvalue weighted by molar-refractivity contribution is -0.370. The summed E-state index contributed by atoms with van der Waals surface area (Å²) < 4.78 is 12.4. The van der Waals surface area contributed by atoms with E-state index in [1.54, 1.807) is 13.8 Å². The number of aliphatic hydroxyl groups is 3. The molecule has 2 heterocycles. The Morgan fingerprint density at radius 1 is 1.15 bits per heavy atom. The van der Waals surface area contributed by atoms with Gasteiger partial charge in [0.2, 0.25) is 0 Å². The number of ketones is 1. The van der Waals surface area contributed by atoms with Gasteiger partial charge < -0.3 is 34.6 Å². The fourth-order valence-corrected chi connectivity index (χ4v) is 8.20. The number of esters is 1. The maximum absolute atomic E-state index is 13.9. The molecule has 3 N–H and O–H groups in total. The van der Waals surface area contributed by atoms with Crippen LogP contribution >= 0.6 is 12.4 Å². The number of fused-ring (bicyclic) bond motifs is 3. The minimum Gasteiger partial charge on any atom is -0.456 e. The number of carbonyl (C=O) groups excluding carboxylic acids is 2. The Balaban J connectivity index is 0.00000420. The van der Waals surface area contributed by atoms with Crippen molar-refractivity contribution in [2.45, 2.75) is 102 Å². The average molecular weight is 573 g/mol. The van der Waals surface area contributed by atoms with E-state index in [1.807, 2.05) is 13.8 Å². The number of nitrogens with zero attached hydrogens (tertiary/aromatic N) is 2. The summed E-state index contributed by atoms with van der Waals surface area (Å²) >= 11 is 0. The monoisotopic (exact) mass is 572 g/mol.